The number of rotatable bonds is 6. The van der Waals surface area contributed by atoms with Gasteiger partial charge in [-0.2, -0.15) is 0 Å². The van der Waals surface area contributed by atoms with Crippen LogP contribution >= 0.6 is 0 Å². The molecule has 18 heavy (non-hydrogen) atoms. The maximum atomic E-state index is 6.07. The molecule has 0 heterocycles. The van der Waals surface area contributed by atoms with Gasteiger partial charge < -0.3 is 14.8 Å². The predicted octanol–water partition coefficient (Wildman–Crippen LogP) is 3.30. The summed E-state index contributed by atoms with van der Waals surface area (Å²) in [6.07, 6.45) is 4.02. The van der Waals surface area contributed by atoms with Gasteiger partial charge in [-0.1, -0.05) is 13.0 Å². The molecule has 2 rings (SSSR count). The third-order valence-corrected chi connectivity index (χ3v) is 3.54. The van der Waals surface area contributed by atoms with E-state index in [1.165, 1.54) is 19.3 Å². The first-order valence-electron chi connectivity index (χ1n) is 6.83. The molecule has 1 aliphatic carbocycles. The minimum absolute atomic E-state index is 0.237. The highest BCUT2D eigenvalue weighted by Crippen LogP contribution is 2.36. The molecular weight excluding hydrogens is 226 g/mol. The molecule has 1 N–H and O–H groups in total. The molecule has 3 nitrogen and oxygen atoms in total. The van der Waals surface area contributed by atoms with E-state index in [4.69, 9.17) is 9.47 Å². The quantitative estimate of drug-likeness (QED) is 0.839. The van der Waals surface area contributed by atoms with Gasteiger partial charge in [0.2, 0.25) is 0 Å². The largest absolute Gasteiger partial charge is 0.496 e. The Morgan fingerprint density at radius 1 is 1.33 bits per heavy atom. The standard InChI is InChI=1S/C15H23NO2/c1-4-16-11(2)15-13(17-3)9-6-10-14(15)18-12-7-5-8-12/h6,9-12,16H,4-5,7-8H2,1-3H3. The SMILES string of the molecule is CCNC(C)c1c(OC)cccc1OC1CCC1. The van der Waals surface area contributed by atoms with E-state index in [1.807, 2.05) is 18.2 Å². The van der Waals surface area contributed by atoms with Crippen LogP contribution in [0.25, 0.3) is 0 Å². The lowest BCUT2D eigenvalue weighted by atomic mass is 9.96. The Balaban J connectivity index is 2.24. The lowest BCUT2D eigenvalue weighted by molar-refractivity contribution is 0.118. The van der Waals surface area contributed by atoms with Crippen LogP contribution in [0.3, 0.4) is 0 Å². The molecular formula is C15H23NO2. The van der Waals surface area contributed by atoms with E-state index >= 15 is 0 Å². The van der Waals surface area contributed by atoms with Gasteiger partial charge in [-0.15, -0.1) is 0 Å². The van der Waals surface area contributed by atoms with Crippen molar-refractivity contribution in [3.63, 3.8) is 0 Å². The van der Waals surface area contributed by atoms with E-state index in [2.05, 4.69) is 19.2 Å². The van der Waals surface area contributed by atoms with Gasteiger partial charge in [0.15, 0.2) is 0 Å². The summed E-state index contributed by atoms with van der Waals surface area (Å²) in [4.78, 5) is 0. The number of hydrogen-bond donors (Lipinski definition) is 1. The van der Waals surface area contributed by atoms with E-state index in [0.717, 1.165) is 23.6 Å². The fourth-order valence-corrected chi connectivity index (χ4v) is 2.31. The second-order valence-corrected chi connectivity index (χ2v) is 4.82. The van der Waals surface area contributed by atoms with Crippen LogP contribution in [0, 0.1) is 0 Å². The normalized spacial score (nSPS) is 17.1. The minimum Gasteiger partial charge on any atom is -0.496 e. The molecule has 1 fully saturated rings. The Bertz CT molecular complexity index is 388. The second-order valence-electron chi connectivity index (χ2n) is 4.82. The summed E-state index contributed by atoms with van der Waals surface area (Å²) in [7, 11) is 1.71. The molecule has 0 amide bonds. The summed E-state index contributed by atoms with van der Waals surface area (Å²) in [6, 6.07) is 6.27. The Labute approximate surface area is 109 Å². The van der Waals surface area contributed by atoms with Crippen molar-refractivity contribution in [3.8, 4) is 11.5 Å². The first-order valence-corrected chi connectivity index (χ1v) is 6.83. The highest BCUT2D eigenvalue weighted by Gasteiger charge is 2.23. The summed E-state index contributed by atoms with van der Waals surface area (Å²) < 4.78 is 11.5. The summed E-state index contributed by atoms with van der Waals surface area (Å²) >= 11 is 0. The van der Waals surface area contributed by atoms with Gasteiger partial charge in [0, 0.05) is 6.04 Å². The molecule has 0 spiro atoms. The molecule has 1 aromatic rings. The lowest BCUT2D eigenvalue weighted by Crippen LogP contribution is -2.26. The summed E-state index contributed by atoms with van der Waals surface area (Å²) in [5.74, 6) is 1.87. The molecule has 3 heteroatoms. The number of hydrogen-bond acceptors (Lipinski definition) is 3. The van der Waals surface area contributed by atoms with Crippen LogP contribution in [0.1, 0.15) is 44.7 Å². The molecule has 1 unspecified atom stereocenters. The average molecular weight is 249 g/mol. The lowest BCUT2D eigenvalue weighted by Gasteiger charge is -2.29. The predicted molar refractivity (Wildman–Crippen MR) is 73.4 cm³/mol. The van der Waals surface area contributed by atoms with Gasteiger partial charge in [0.1, 0.15) is 11.5 Å². The zero-order valence-electron chi connectivity index (χ0n) is 11.5. The first-order chi connectivity index (χ1) is 8.76. The van der Waals surface area contributed by atoms with Crippen molar-refractivity contribution in [2.45, 2.75) is 45.3 Å². The molecule has 0 saturated heterocycles. The number of nitrogens with one attached hydrogen (secondary N) is 1. The van der Waals surface area contributed by atoms with Gasteiger partial charge in [-0.05, 0) is 44.9 Å². The van der Waals surface area contributed by atoms with Gasteiger partial charge in [0.25, 0.3) is 0 Å². The summed E-state index contributed by atoms with van der Waals surface area (Å²) in [5, 5.41) is 3.43. The van der Waals surface area contributed by atoms with Crippen LogP contribution in [0.5, 0.6) is 11.5 Å². The summed E-state index contributed by atoms with van der Waals surface area (Å²) in [5.41, 5.74) is 1.13. The summed E-state index contributed by atoms with van der Waals surface area (Å²) in [6.45, 7) is 5.19. The minimum atomic E-state index is 0.237. The van der Waals surface area contributed by atoms with Crippen molar-refractivity contribution in [1.82, 2.24) is 5.32 Å². The Hall–Kier alpha value is -1.22. The van der Waals surface area contributed by atoms with Crippen LogP contribution in [0.4, 0.5) is 0 Å². The maximum Gasteiger partial charge on any atom is 0.128 e. The van der Waals surface area contributed by atoms with Crippen LogP contribution in [0.2, 0.25) is 0 Å². The fraction of sp³-hybridized carbons (Fsp3) is 0.600. The van der Waals surface area contributed by atoms with Gasteiger partial charge in [0.05, 0.1) is 18.8 Å². The number of methoxy groups -OCH3 is 1. The first kappa shape index (κ1) is 13.2. The van der Waals surface area contributed by atoms with Crippen molar-refractivity contribution >= 4 is 0 Å². The van der Waals surface area contributed by atoms with E-state index < -0.39 is 0 Å². The molecule has 1 aromatic carbocycles. The Kier molecular flexibility index (Phi) is 4.48. The zero-order chi connectivity index (χ0) is 13.0. The van der Waals surface area contributed by atoms with Crippen LogP contribution in [-0.4, -0.2) is 19.8 Å². The van der Waals surface area contributed by atoms with Crippen molar-refractivity contribution < 1.29 is 9.47 Å². The van der Waals surface area contributed by atoms with E-state index in [-0.39, 0.29) is 6.04 Å². The van der Waals surface area contributed by atoms with Gasteiger partial charge in [-0.25, -0.2) is 0 Å². The van der Waals surface area contributed by atoms with Crippen LogP contribution in [-0.2, 0) is 0 Å². The highest BCUT2D eigenvalue weighted by molar-refractivity contribution is 5.47. The van der Waals surface area contributed by atoms with Crippen molar-refractivity contribution in [3.05, 3.63) is 23.8 Å². The molecule has 0 bridgehead atoms. The van der Waals surface area contributed by atoms with Crippen LogP contribution in [0.15, 0.2) is 18.2 Å². The third kappa shape index (κ3) is 2.78. The van der Waals surface area contributed by atoms with Gasteiger partial charge >= 0.3 is 0 Å². The van der Waals surface area contributed by atoms with E-state index in [9.17, 15) is 0 Å². The number of ether oxygens (including phenoxy) is 2. The maximum absolute atomic E-state index is 6.07. The third-order valence-electron chi connectivity index (χ3n) is 3.54. The van der Waals surface area contributed by atoms with Crippen molar-refractivity contribution in [1.29, 1.82) is 0 Å². The van der Waals surface area contributed by atoms with E-state index in [0.29, 0.717) is 6.10 Å². The van der Waals surface area contributed by atoms with E-state index in [1.54, 1.807) is 7.11 Å². The topological polar surface area (TPSA) is 30.5 Å². The Morgan fingerprint density at radius 3 is 2.61 bits per heavy atom. The monoisotopic (exact) mass is 249 g/mol. The van der Waals surface area contributed by atoms with Gasteiger partial charge in [-0.3, -0.25) is 0 Å². The fourth-order valence-electron chi connectivity index (χ4n) is 2.31. The molecule has 1 atom stereocenters. The molecule has 0 aromatic heterocycles. The zero-order valence-corrected chi connectivity index (χ0v) is 11.5. The highest BCUT2D eigenvalue weighted by atomic mass is 16.5. The molecule has 100 valence electrons. The molecule has 0 radical (unpaired) electrons. The second kappa shape index (κ2) is 6.10. The number of benzene rings is 1. The van der Waals surface area contributed by atoms with Crippen molar-refractivity contribution in [2.75, 3.05) is 13.7 Å². The van der Waals surface area contributed by atoms with Crippen LogP contribution < -0.4 is 14.8 Å². The van der Waals surface area contributed by atoms with Crippen molar-refractivity contribution in [2.24, 2.45) is 0 Å². The molecule has 1 saturated carbocycles. The molecule has 1 aliphatic rings. The Morgan fingerprint density at radius 2 is 2.06 bits per heavy atom. The molecule has 0 aliphatic heterocycles. The smallest absolute Gasteiger partial charge is 0.128 e. The average Bonchev–Trinajstić information content (AvgIpc) is 2.33.